The van der Waals surface area contributed by atoms with E-state index in [1.807, 2.05) is 20.8 Å². The van der Waals surface area contributed by atoms with Crippen molar-refractivity contribution in [2.24, 2.45) is 0 Å². The van der Waals surface area contributed by atoms with E-state index >= 15 is 0 Å². The highest BCUT2D eigenvalue weighted by Gasteiger charge is 2.41. The summed E-state index contributed by atoms with van der Waals surface area (Å²) >= 11 is 6.13. The fourth-order valence-corrected chi connectivity index (χ4v) is 3.97. The minimum Gasteiger partial charge on any atom is -0.476 e. The Hall–Kier alpha value is -2.48. The Balaban J connectivity index is 1.63. The highest BCUT2D eigenvalue weighted by Crippen LogP contribution is 2.39. The van der Waals surface area contributed by atoms with Gasteiger partial charge in [0.1, 0.15) is 11.4 Å². The molecule has 2 aliphatic rings. The summed E-state index contributed by atoms with van der Waals surface area (Å²) in [5, 5.41) is 0.492. The summed E-state index contributed by atoms with van der Waals surface area (Å²) in [7, 11) is 0. The number of halogens is 1. The van der Waals surface area contributed by atoms with E-state index in [1.165, 1.54) is 0 Å². The summed E-state index contributed by atoms with van der Waals surface area (Å²) in [5.41, 5.74) is -1.02. The minimum absolute atomic E-state index is 0.0586. The smallest absolute Gasteiger partial charge is 0.410 e. The molecule has 8 nitrogen and oxygen atoms in total. The maximum atomic E-state index is 13.0. The van der Waals surface area contributed by atoms with Crippen LogP contribution in [0.15, 0.2) is 18.2 Å². The summed E-state index contributed by atoms with van der Waals surface area (Å²) in [6.45, 7) is 11.1. The SMILES string of the molecule is CC(C)(C)OC(=O)N1CCCN(C(=O)CCN2C(=O)C(C)(C)Oc3ccc(Cl)cc32)CC1. The first-order chi connectivity index (χ1) is 14.9. The summed E-state index contributed by atoms with van der Waals surface area (Å²) in [4.78, 5) is 43.2. The van der Waals surface area contributed by atoms with E-state index in [0.717, 1.165) is 0 Å². The molecule has 0 atom stereocenters. The van der Waals surface area contributed by atoms with Gasteiger partial charge in [-0.1, -0.05) is 11.6 Å². The number of carbonyl (C=O) groups is 3. The normalized spacial score (nSPS) is 18.6. The monoisotopic (exact) mass is 465 g/mol. The Bertz CT molecular complexity index is 896. The molecule has 9 heteroatoms. The van der Waals surface area contributed by atoms with Gasteiger partial charge < -0.3 is 24.2 Å². The Morgan fingerprint density at radius 1 is 1.12 bits per heavy atom. The third-order valence-corrected chi connectivity index (χ3v) is 5.62. The van der Waals surface area contributed by atoms with Crippen LogP contribution < -0.4 is 9.64 Å². The van der Waals surface area contributed by atoms with Crippen molar-refractivity contribution in [2.45, 2.75) is 58.7 Å². The van der Waals surface area contributed by atoms with E-state index in [0.29, 0.717) is 49.1 Å². The van der Waals surface area contributed by atoms with Gasteiger partial charge in [-0.05, 0) is 59.2 Å². The van der Waals surface area contributed by atoms with E-state index < -0.39 is 11.2 Å². The lowest BCUT2D eigenvalue weighted by Crippen LogP contribution is -2.53. The van der Waals surface area contributed by atoms with E-state index in [-0.39, 0.29) is 30.9 Å². The van der Waals surface area contributed by atoms with Gasteiger partial charge in [-0.25, -0.2) is 4.79 Å². The fraction of sp³-hybridized carbons (Fsp3) is 0.609. The molecular formula is C23H32ClN3O5. The van der Waals surface area contributed by atoms with Crippen LogP contribution in [0.1, 0.15) is 47.5 Å². The molecule has 2 aliphatic heterocycles. The Morgan fingerprint density at radius 2 is 1.78 bits per heavy atom. The minimum atomic E-state index is -1.03. The number of anilines is 1. The van der Waals surface area contributed by atoms with Gasteiger partial charge in [-0.3, -0.25) is 9.59 Å². The zero-order chi connectivity index (χ0) is 23.7. The number of nitrogens with zero attached hydrogens (tertiary/aromatic N) is 3. The van der Waals surface area contributed by atoms with Gasteiger partial charge in [0.15, 0.2) is 5.60 Å². The van der Waals surface area contributed by atoms with Gasteiger partial charge in [-0.15, -0.1) is 0 Å². The van der Waals surface area contributed by atoms with Crippen LogP contribution in [0.4, 0.5) is 10.5 Å². The second-order valence-corrected chi connectivity index (χ2v) is 10.1. The topological polar surface area (TPSA) is 79.4 Å². The average molecular weight is 466 g/mol. The number of hydrogen-bond acceptors (Lipinski definition) is 5. The molecule has 2 heterocycles. The van der Waals surface area contributed by atoms with Crippen LogP contribution in [0.3, 0.4) is 0 Å². The summed E-state index contributed by atoms with van der Waals surface area (Å²) < 4.78 is 11.3. The van der Waals surface area contributed by atoms with Crippen molar-refractivity contribution in [3.8, 4) is 5.75 Å². The van der Waals surface area contributed by atoms with Crippen LogP contribution in [-0.2, 0) is 14.3 Å². The Morgan fingerprint density at radius 3 is 2.47 bits per heavy atom. The molecule has 0 saturated carbocycles. The third kappa shape index (κ3) is 5.65. The van der Waals surface area contributed by atoms with E-state index in [9.17, 15) is 14.4 Å². The first-order valence-corrected chi connectivity index (χ1v) is 11.3. The summed E-state index contributed by atoms with van der Waals surface area (Å²) in [5.74, 6) is 0.290. The van der Waals surface area contributed by atoms with Crippen molar-refractivity contribution in [3.63, 3.8) is 0 Å². The zero-order valence-electron chi connectivity index (χ0n) is 19.4. The zero-order valence-corrected chi connectivity index (χ0v) is 20.2. The second-order valence-electron chi connectivity index (χ2n) is 9.63. The van der Waals surface area contributed by atoms with Crippen molar-refractivity contribution in [2.75, 3.05) is 37.6 Å². The predicted molar refractivity (Wildman–Crippen MR) is 122 cm³/mol. The predicted octanol–water partition coefficient (Wildman–Crippen LogP) is 3.70. The molecule has 176 valence electrons. The van der Waals surface area contributed by atoms with Gasteiger partial charge >= 0.3 is 6.09 Å². The molecule has 0 unspecified atom stereocenters. The van der Waals surface area contributed by atoms with E-state index in [1.54, 1.807) is 46.7 Å². The highest BCUT2D eigenvalue weighted by molar-refractivity contribution is 6.31. The number of amides is 3. The number of benzene rings is 1. The van der Waals surface area contributed by atoms with Gasteiger partial charge in [0, 0.05) is 44.2 Å². The first kappa shape index (κ1) is 24.2. The molecule has 0 bridgehead atoms. The Kier molecular flexibility index (Phi) is 6.93. The number of ether oxygens (including phenoxy) is 2. The van der Waals surface area contributed by atoms with Crippen LogP contribution in [-0.4, -0.2) is 71.6 Å². The molecule has 0 N–H and O–H groups in total. The molecule has 0 radical (unpaired) electrons. The molecule has 0 aliphatic carbocycles. The summed E-state index contributed by atoms with van der Waals surface area (Å²) in [6.07, 6.45) is 0.481. The molecule has 0 aromatic heterocycles. The second kappa shape index (κ2) is 9.17. The highest BCUT2D eigenvalue weighted by atomic mass is 35.5. The van der Waals surface area contributed by atoms with Crippen molar-refractivity contribution in [1.82, 2.24) is 9.80 Å². The number of carbonyl (C=O) groups excluding carboxylic acids is 3. The maximum Gasteiger partial charge on any atom is 0.410 e. The van der Waals surface area contributed by atoms with Gasteiger partial charge in [0.05, 0.1) is 5.69 Å². The summed E-state index contributed by atoms with van der Waals surface area (Å²) in [6, 6.07) is 5.13. The molecule has 1 aromatic rings. The van der Waals surface area contributed by atoms with Crippen LogP contribution in [0.2, 0.25) is 5.02 Å². The van der Waals surface area contributed by atoms with E-state index in [4.69, 9.17) is 21.1 Å². The quantitative estimate of drug-likeness (QED) is 0.680. The van der Waals surface area contributed by atoms with Crippen LogP contribution in [0, 0.1) is 0 Å². The van der Waals surface area contributed by atoms with Gasteiger partial charge in [0.2, 0.25) is 5.91 Å². The number of hydrogen-bond donors (Lipinski definition) is 0. The molecule has 3 amide bonds. The largest absolute Gasteiger partial charge is 0.476 e. The lowest BCUT2D eigenvalue weighted by Gasteiger charge is -2.39. The molecular weight excluding hydrogens is 434 g/mol. The molecule has 1 fully saturated rings. The first-order valence-electron chi connectivity index (χ1n) is 10.9. The van der Waals surface area contributed by atoms with Crippen molar-refractivity contribution >= 4 is 35.2 Å². The molecule has 1 aromatic carbocycles. The number of rotatable bonds is 3. The maximum absolute atomic E-state index is 13.0. The Labute approximate surface area is 194 Å². The lowest BCUT2D eigenvalue weighted by molar-refractivity contribution is -0.133. The van der Waals surface area contributed by atoms with Gasteiger partial charge in [0.25, 0.3) is 5.91 Å². The molecule has 32 heavy (non-hydrogen) atoms. The third-order valence-electron chi connectivity index (χ3n) is 5.39. The molecule has 1 saturated heterocycles. The standard InChI is InChI=1S/C23H32ClN3O5/c1-22(2,3)32-21(30)26-11-6-10-25(13-14-26)19(28)9-12-27-17-15-16(24)7-8-18(17)31-23(4,5)20(27)29/h7-8,15H,6,9-14H2,1-5H3. The van der Waals surface area contributed by atoms with Crippen LogP contribution in [0.5, 0.6) is 5.75 Å². The van der Waals surface area contributed by atoms with Crippen molar-refractivity contribution < 1.29 is 23.9 Å². The van der Waals surface area contributed by atoms with Crippen LogP contribution >= 0.6 is 11.6 Å². The number of fused-ring (bicyclic) bond motifs is 1. The lowest BCUT2D eigenvalue weighted by atomic mass is 10.0. The average Bonchev–Trinajstić information content (AvgIpc) is 2.94. The van der Waals surface area contributed by atoms with Gasteiger partial charge in [-0.2, -0.15) is 0 Å². The van der Waals surface area contributed by atoms with E-state index in [2.05, 4.69) is 0 Å². The van der Waals surface area contributed by atoms with Crippen molar-refractivity contribution in [3.05, 3.63) is 23.2 Å². The van der Waals surface area contributed by atoms with Crippen LogP contribution in [0.25, 0.3) is 0 Å². The molecule has 0 spiro atoms. The van der Waals surface area contributed by atoms with Crippen molar-refractivity contribution in [1.29, 1.82) is 0 Å². The fourth-order valence-electron chi connectivity index (χ4n) is 3.80. The molecule has 3 rings (SSSR count).